The van der Waals surface area contributed by atoms with Crippen molar-refractivity contribution < 1.29 is 5.11 Å². The zero-order chi connectivity index (χ0) is 13.1. The standard InChI is InChI=1S/C16H22N2O/c19-11-5-10-18-9-4-3-8-16(18)15-12-13-6-1-2-7-14(13)17-15/h1-2,6-7,12,16-17,19H,3-5,8-11H2. The van der Waals surface area contributed by atoms with Crippen LogP contribution in [-0.4, -0.2) is 34.7 Å². The molecule has 3 nitrogen and oxygen atoms in total. The van der Waals surface area contributed by atoms with Gasteiger partial charge in [0.05, 0.1) is 0 Å². The number of aliphatic hydroxyl groups is 1. The third kappa shape index (κ3) is 2.67. The number of hydrogen-bond acceptors (Lipinski definition) is 2. The average Bonchev–Trinajstić information content (AvgIpc) is 2.89. The van der Waals surface area contributed by atoms with Gasteiger partial charge in [0.1, 0.15) is 0 Å². The Morgan fingerprint density at radius 2 is 2.16 bits per heavy atom. The zero-order valence-electron chi connectivity index (χ0n) is 11.3. The number of likely N-dealkylation sites (tertiary alicyclic amines) is 1. The van der Waals surface area contributed by atoms with Gasteiger partial charge in [-0.15, -0.1) is 0 Å². The highest BCUT2D eigenvalue weighted by atomic mass is 16.3. The number of hydrogen-bond donors (Lipinski definition) is 2. The Balaban J connectivity index is 1.84. The van der Waals surface area contributed by atoms with E-state index in [9.17, 15) is 0 Å². The number of aromatic amines is 1. The first kappa shape index (κ1) is 12.7. The van der Waals surface area contributed by atoms with E-state index in [0.717, 1.165) is 19.5 Å². The topological polar surface area (TPSA) is 39.3 Å². The molecule has 0 saturated carbocycles. The van der Waals surface area contributed by atoms with E-state index in [1.807, 2.05) is 0 Å². The number of fused-ring (bicyclic) bond motifs is 1. The third-order valence-corrected chi connectivity index (χ3v) is 4.13. The maximum absolute atomic E-state index is 9.03. The van der Waals surface area contributed by atoms with E-state index in [0.29, 0.717) is 6.04 Å². The van der Waals surface area contributed by atoms with Gasteiger partial charge in [-0.3, -0.25) is 4.90 Å². The summed E-state index contributed by atoms with van der Waals surface area (Å²) >= 11 is 0. The fourth-order valence-corrected chi connectivity index (χ4v) is 3.16. The molecule has 0 spiro atoms. The highest BCUT2D eigenvalue weighted by Gasteiger charge is 2.24. The Bertz CT molecular complexity index is 501. The summed E-state index contributed by atoms with van der Waals surface area (Å²) in [5, 5.41) is 10.3. The van der Waals surface area contributed by atoms with Crippen molar-refractivity contribution in [2.24, 2.45) is 0 Å². The number of benzene rings is 1. The van der Waals surface area contributed by atoms with Crippen molar-refractivity contribution in [1.82, 2.24) is 9.88 Å². The molecule has 0 aliphatic carbocycles. The first-order valence-electron chi connectivity index (χ1n) is 7.31. The second-order valence-electron chi connectivity index (χ2n) is 5.44. The van der Waals surface area contributed by atoms with Crippen LogP contribution in [0.2, 0.25) is 0 Å². The molecule has 1 aromatic heterocycles. The van der Waals surface area contributed by atoms with E-state index in [4.69, 9.17) is 5.11 Å². The number of piperidine rings is 1. The Morgan fingerprint density at radius 1 is 1.26 bits per heavy atom. The quantitative estimate of drug-likeness (QED) is 0.884. The molecule has 1 aromatic carbocycles. The molecule has 102 valence electrons. The first-order chi connectivity index (χ1) is 9.38. The van der Waals surface area contributed by atoms with Crippen LogP contribution in [0.3, 0.4) is 0 Å². The summed E-state index contributed by atoms with van der Waals surface area (Å²) in [6.07, 6.45) is 4.67. The minimum absolute atomic E-state index is 0.288. The van der Waals surface area contributed by atoms with Crippen LogP contribution >= 0.6 is 0 Å². The molecule has 2 aromatic rings. The largest absolute Gasteiger partial charge is 0.396 e. The van der Waals surface area contributed by atoms with Gasteiger partial charge in [0.25, 0.3) is 0 Å². The fourth-order valence-electron chi connectivity index (χ4n) is 3.16. The van der Waals surface area contributed by atoms with Crippen LogP contribution in [0.4, 0.5) is 0 Å². The van der Waals surface area contributed by atoms with Crippen LogP contribution in [0, 0.1) is 0 Å². The van der Waals surface area contributed by atoms with Gasteiger partial charge in [0.15, 0.2) is 0 Å². The molecule has 2 heterocycles. The van der Waals surface area contributed by atoms with E-state index in [1.165, 1.54) is 35.9 Å². The maximum atomic E-state index is 9.03. The van der Waals surface area contributed by atoms with Gasteiger partial charge >= 0.3 is 0 Å². The molecule has 1 aliphatic rings. The summed E-state index contributed by atoms with van der Waals surface area (Å²) in [7, 11) is 0. The van der Waals surface area contributed by atoms with Crippen LogP contribution in [0.1, 0.15) is 37.4 Å². The second kappa shape index (κ2) is 5.76. The van der Waals surface area contributed by atoms with Crippen LogP contribution < -0.4 is 0 Å². The summed E-state index contributed by atoms with van der Waals surface area (Å²) in [5.41, 5.74) is 2.56. The van der Waals surface area contributed by atoms with Crippen molar-refractivity contribution in [3.8, 4) is 0 Å². The highest BCUT2D eigenvalue weighted by Crippen LogP contribution is 2.32. The molecule has 19 heavy (non-hydrogen) atoms. The van der Waals surface area contributed by atoms with Gasteiger partial charge in [-0.05, 0) is 43.3 Å². The lowest BCUT2D eigenvalue weighted by atomic mass is 9.99. The highest BCUT2D eigenvalue weighted by molar-refractivity contribution is 5.80. The molecular formula is C16H22N2O. The van der Waals surface area contributed by atoms with Crippen LogP contribution in [0.5, 0.6) is 0 Å². The van der Waals surface area contributed by atoms with E-state index in [2.05, 4.69) is 40.2 Å². The molecule has 2 N–H and O–H groups in total. The summed E-state index contributed by atoms with van der Waals surface area (Å²) < 4.78 is 0. The first-order valence-corrected chi connectivity index (χ1v) is 7.31. The average molecular weight is 258 g/mol. The summed E-state index contributed by atoms with van der Waals surface area (Å²) in [6.45, 7) is 2.44. The van der Waals surface area contributed by atoms with Gasteiger partial charge < -0.3 is 10.1 Å². The number of rotatable bonds is 4. The molecule has 1 saturated heterocycles. The van der Waals surface area contributed by atoms with Crippen LogP contribution in [0.15, 0.2) is 30.3 Å². The lowest BCUT2D eigenvalue weighted by Gasteiger charge is -2.35. The van der Waals surface area contributed by atoms with Crippen molar-refractivity contribution in [3.05, 3.63) is 36.0 Å². The minimum atomic E-state index is 0.288. The third-order valence-electron chi connectivity index (χ3n) is 4.13. The SMILES string of the molecule is OCCCN1CCCCC1c1cc2ccccc2[nH]1. The number of aliphatic hydroxyl groups excluding tert-OH is 1. The summed E-state index contributed by atoms with van der Waals surface area (Å²) in [5.74, 6) is 0. The normalized spacial score (nSPS) is 21.0. The molecule has 1 aliphatic heterocycles. The molecule has 0 radical (unpaired) electrons. The van der Waals surface area contributed by atoms with Crippen molar-refractivity contribution in [2.45, 2.75) is 31.7 Å². The van der Waals surface area contributed by atoms with Gasteiger partial charge in [-0.2, -0.15) is 0 Å². The molecule has 0 amide bonds. The molecule has 3 rings (SSSR count). The Labute approximate surface area is 114 Å². The van der Waals surface area contributed by atoms with Gasteiger partial charge in [0.2, 0.25) is 0 Å². The number of nitrogens with one attached hydrogen (secondary N) is 1. The Hall–Kier alpha value is -1.32. The van der Waals surface area contributed by atoms with Gasteiger partial charge in [-0.25, -0.2) is 0 Å². The van der Waals surface area contributed by atoms with E-state index >= 15 is 0 Å². The smallest absolute Gasteiger partial charge is 0.0498 e. The predicted molar refractivity (Wildman–Crippen MR) is 78.2 cm³/mol. The van der Waals surface area contributed by atoms with Crippen molar-refractivity contribution >= 4 is 10.9 Å². The van der Waals surface area contributed by atoms with Crippen molar-refractivity contribution in [1.29, 1.82) is 0 Å². The molecule has 3 heteroatoms. The van der Waals surface area contributed by atoms with Crippen LogP contribution in [0.25, 0.3) is 10.9 Å². The van der Waals surface area contributed by atoms with E-state index < -0.39 is 0 Å². The molecule has 1 unspecified atom stereocenters. The van der Waals surface area contributed by atoms with Crippen molar-refractivity contribution in [2.75, 3.05) is 19.7 Å². The molecular weight excluding hydrogens is 236 g/mol. The number of aromatic nitrogens is 1. The molecule has 0 bridgehead atoms. The molecule has 1 fully saturated rings. The van der Waals surface area contributed by atoms with Gasteiger partial charge in [0, 0.05) is 30.4 Å². The second-order valence-corrected chi connectivity index (χ2v) is 5.44. The van der Waals surface area contributed by atoms with Gasteiger partial charge in [-0.1, -0.05) is 24.6 Å². The Kier molecular flexibility index (Phi) is 3.85. The number of para-hydroxylation sites is 1. The number of nitrogens with zero attached hydrogens (tertiary/aromatic N) is 1. The lowest BCUT2D eigenvalue weighted by Crippen LogP contribution is -2.34. The van der Waals surface area contributed by atoms with Crippen molar-refractivity contribution in [3.63, 3.8) is 0 Å². The number of H-pyrrole nitrogens is 1. The maximum Gasteiger partial charge on any atom is 0.0498 e. The van der Waals surface area contributed by atoms with Crippen LogP contribution in [-0.2, 0) is 0 Å². The van der Waals surface area contributed by atoms with E-state index in [-0.39, 0.29) is 6.61 Å². The summed E-state index contributed by atoms with van der Waals surface area (Å²) in [6, 6.07) is 11.2. The minimum Gasteiger partial charge on any atom is -0.396 e. The molecule has 1 atom stereocenters. The van der Waals surface area contributed by atoms with E-state index in [1.54, 1.807) is 0 Å². The predicted octanol–water partition coefficient (Wildman–Crippen LogP) is 3.08. The summed E-state index contributed by atoms with van der Waals surface area (Å²) in [4.78, 5) is 6.09. The lowest BCUT2D eigenvalue weighted by molar-refractivity contribution is 0.133. The monoisotopic (exact) mass is 258 g/mol. The zero-order valence-corrected chi connectivity index (χ0v) is 11.3. The fraction of sp³-hybridized carbons (Fsp3) is 0.500. The Morgan fingerprint density at radius 3 is 3.00 bits per heavy atom.